The monoisotopic (exact) mass is 218 g/mol. The van der Waals surface area contributed by atoms with Crippen molar-refractivity contribution in [2.24, 2.45) is 0 Å². The van der Waals surface area contributed by atoms with Crippen molar-refractivity contribution in [2.45, 2.75) is 0 Å². The highest BCUT2D eigenvalue weighted by atomic mass is 16.6. The SMILES string of the molecule is CNCC=Cc1cnc(C#N)c([N+](=O)[O-])c1. The molecular formula is C10H10N4O2. The third kappa shape index (κ3) is 2.87. The molecule has 0 saturated heterocycles. The van der Waals surface area contributed by atoms with Gasteiger partial charge in [0, 0.05) is 18.8 Å². The van der Waals surface area contributed by atoms with Crippen molar-refractivity contribution >= 4 is 11.8 Å². The first kappa shape index (κ1) is 11.8. The molecule has 1 aromatic rings. The van der Waals surface area contributed by atoms with Crippen LogP contribution in [0.25, 0.3) is 6.08 Å². The number of pyridine rings is 1. The van der Waals surface area contributed by atoms with Gasteiger partial charge >= 0.3 is 5.69 Å². The molecule has 0 unspecified atom stereocenters. The molecule has 0 aliphatic heterocycles. The minimum absolute atomic E-state index is 0.171. The lowest BCUT2D eigenvalue weighted by molar-refractivity contribution is -0.385. The molecule has 1 N–H and O–H groups in total. The lowest BCUT2D eigenvalue weighted by atomic mass is 10.2. The zero-order valence-electron chi connectivity index (χ0n) is 8.67. The van der Waals surface area contributed by atoms with Gasteiger partial charge in [0.25, 0.3) is 0 Å². The lowest BCUT2D eigenvalue weighted by Gasteiger charge is -1.96. The molecule has 0 bridgehead atoms. The molecule has 1 rings (SSSR count). The van der Waals surface area contributed by atoms with Crippen LogP contribution in [0.3, 0.4) is 0 Å². The summed E-state index contributed by atoms with van der Waals surface area (Å²) in [4.78, 5) is 13.8. The van der Waals surface area contributed by atoms with Crippen LogP contribution in [0, 0.1) is 21.4 Å². The molecule has 6 heteroatoms. The summed E-state index contributed by atoms with van der Waals surface area (Å²) >= 11 is 0. The molecule has 0 fully saturated rings. The van der Waals surface area contributed by atoms with Gasteiger partial charge in [-0.15, -0.1) is 0 Å². The number of rotatable bonds is 4. The van der Waals surface area contributed by atoms with Crippen LogP contribution >= 0.6 is 0 Å². The van der Waals surface area contributed by atoms with E-state index >= 15 is 0 Å². The smallest absolute Gasteiger partial charge is 0.306 e. The molecule has 0 radical (unpaired) electrons. The Morgan fingerprint density at radius 2 is 2.50 bits per heavy atom. The quantitative estimate of drug-likeness (QED) is 0.603. The van der Waals surface area contributed by atoms with E-state index in [0.29, 0.717) is 12.1 Å². The Balaban J connectivity index is 3.04. The van der Waals surface area contributed by atoms with Gasteiger partial charge in [0.1, 0.15) is 6.07 Å². The van der Waals surface area contributed by atoms with Crippen LogP contribution in [-0.2, 0) is 0 Å². The van der Waals surface area contributed by atoms with Crippen molar-refractivity contribution in [2.75, 3.05) is 13.6 Å². The second-order valence-electron chi connectivity index (χ2n) is 2.97. The van der Waals surface area contributed by atoms with E-state index in [2.05, 4.69) is 10.3 Å². The Hall–Kier alpha value is -2.26. The molecule has 1 aromatic heterocycles. The van der Waals surface area contributed by atoms with Gasteiger partial charge in [-0.2, -0.15) is 5.26 Å². The Morgan fingerprint density at radius 3 is 3.06 bits per heavy atom. The second kappa shape index (κ2) is 5.58. The van der Waals surface area contributed by atoms with Gasteiger partial charge in [-0.25, -0.2) is 4.98 Å². The highest BCUT2D eigenvalue weighted by Gasteiger charge is 2.14. The van der Waals surface area contributed by atoms with E-state index in [1.54, 1.807) is 19.2 Å². The fraction of sp³-hybridized carbons (Fsp3) is 0.200. The fourth-order valence-corrected chi connectivity index (χ4v) is 1.10. The summed E-state index contributed by atoms with van der Waals surface area (Å²) in [6.45, 7) is 0.661. The summed E-state index contributed by atoms with van der Waals surface area (Å²) in [6.07, 6.45) is 4.95. The number of nitro groups is 1. The van der Waals surface area contributed by atoms with Crippen molar-refractivity contribution in [3.8, 4) is 6.07 Å². The van der Waals surface area contributed by atoms with E-state index in [4.69, 9.17) is 5.26 Å². The van der Waals surface area contributed by atoms with Crippen LogP contribution in [0.15, 0.2) is 18.3 Å². The topological polar surface area (TPSA) is 91.8 Å². The summed E-state index contributed by atoms with van der Waals surface area (Å²) in [5, 5.41) is 22.2. The molecule has 0 saturated carbocycles. The second-order valence-corrected chi connectivity index (χ2v) is 2.97. The van der Waals surface area contributed by atoms with Crippen LogP contribution in [0.2, 0.25) is 0 Å². The van der Waals surface area contributed by atoms with E-state index in [0.717, 1.165) is 0 Å². The third-order valence-corrected chi connectivity index (χ3v) is 1.82. The van der Waals surface area contributed by atoms with Gasteiger partial charge in [-0.3, -0.25) is 10.1 Å². The van der Waals surface area contributed by atoms with Crippen molar-refractivity contribution in [3.05, 3.63) is 39.7 Å². The number of nitriles is 1. The van der Waals surface area contributed by atoms with Crippen molar-refractivity contribution in [1.82, 2.24) is 10.3 Å². The molecule has 0 atom stereocenters. The Kier molecular flexibility index (Phi) is 4.12. The van der Waals surface area contributed by atoms with Gasteiger partial charge in [-0.05, 0) is 12.6 Å². The lowest BCUT2D eigenvalue weighted by Crippen LogP contribution is -2.03. The van der Waals surface area contributed by atoms with E-state index in [-0.39, 0.29) is 11.4 Å². The van der Waals surface area contributed by atoms with Crippen molar-refractivity contribution < 1.29 is 4.92 Å². The van der Waals surface area contributed by atoms with E-state index < -0.39 is 4.92 Å². The zero-order chi connectivity index (χ0) is 12.0. The average Bonchev–Trinajstić information content (AvgIpc) is 2.29. The van der Waals surface area contributed by atoms with Crippen LogP contribution in [-0.4, -0.2) is 23.5 Å². The third-order valence-electron chi connectivity index (χ3n) is 1.82. The standard InChI is InChI=1S/C10H10N4O2/c1-12-4-2-3-8-5-10(14(15)16)9(6-11)13-7-8/h2-3,5,7,12H,4H2,1H3. The number of nitrogens with one attached hydrogen (secondary N) is 1. The molecule has 1 heterocycles. The van der Waals surface area contributed by atoms with Crippen LogP contribution in [0.4, 0.5) is 5.69 Å². The molecule has 6 nitrogen and oxygen atoms in total. The summed E-state index contributed by atoms with van der Waals surface area (Å²) in [5.74, 6) is 0. The number of nitrogens with zero attached hydrogens (tertiary/aromatic N) is 3. The normalized spacial score (nSPS) is 10.2. The summed E-state index contributed by atoms with van der Waals surface area (Å²) in [5.41, 5.74) is 0.158. The van der Waals surface area contributed by atoms with Crippen LogP contribution < -0.4 is 5.32 Å². The van der Waals surface area contributed by atoms with Gasteiger partial charge in [-0.1, -0.05) is 12.2 Å². The Labute approximate surface area is 92.4 Å². The zero-order valence-corrected chi connectivity index (χ0v) is 8.67. The molecule has 0 aliphatic rings. The minimum Gasteiger partial charge on any atom is -0.316 e. The number of hydrogen-bond acceptors (Lipinski definition) is 5. The largest absolute Gasteiger partial charge is 0.316 e. The first-order valence-electron chi connectivity index (χ1n) is 4.54. The molecule has 82 valence electrons. The number of aromatic nitrogens is 1. The first-order valence-corrected chi connectivity index (χ1v) is 4.54. The predicted octanol–water partition coefficient (Wildman–Crippen LogP) is 1.09. The molecular weight excluding hydrogens is 208 g/mol. The maximum absolute atomic E-state index is 10.6. The minimum atomic E-state index is -0.610. The van der Waals surface area contributed by atoms with Gasteiger partial charge in [0.15, 0.2) is 0 Å². The molecule has 16 heavy (non-hydrogen) atoms. The van der Waals surface area contributed by atoms with Crippen molar-refractivity contribution in [1.29, 1.82) is 5.26 Å². The van der Waals surface area contributed by atoms with Crippen LogP contribution in [0.5, 0.6) is 0 Å². The summed E-state index contributed by atoms with van der Waals surface area (Å²) < 4.78 is 0. The number of hydrogen-bond donors (Lipinski definition) is 1. The van der Waals surface area contributed by atoms with Crippen LogP contribution in [0.1, 0.15) is 11.3 Å². The molecule has 0 spiro atoms. The maximum Gasteiger partial charge on any atom is 0.306 e. The van der Waals surface area contributed by atoms with E-state index in [1.165, 1.54) is 12.3 Å². The average molecular weight is 218 g/mol. The number of likely N-dealkylation sites (N-methyl/N-ethyl adjacent to an activating group) is 1. The molecule has 0 aromatic carbocycles. The predicted molar refractivity (Wildman–Crippen MR) is 58.6 cm³/mol. The highest BCUT2D eigenvalue weighted by molar-refractivity contribution is 5.55. The molecule has 0 aliphatic carbocycles. The van der Waals surface area contributed by atoms with E-state index in [9.17, 15) is 10.1 Å². The van der Waals surface area contributed by atoms with Crippen molar-refractivity contribution in [3.63, 3.8) is 0 Å². The fourth-order valence-electron chi connectivity index (χ4n) is 1.10. The highest BCUT2D eigenvalue weighted by Crippen LogP contribution is 2.17. The molecule has 0 amide bonds. The Bertz CT molecular complexity index is 462. The maximum atomic E-state index is 10.6. The van der Waals surface area contributed by atoms with Gasteiger partial charge < -0.3 is 5.32 Å². The summed E-state index contributed by atoms with van der Waals surface area (Å²) in [7, 11) is 1.80. The summed E-state index contributed by atoms with van der Waals surface area (Å²) in [6, 6.07) is 3.01. The first-order chi connectivity index (χ1) is 7.69. The Morgan fingerprint density at radius 1 is 1.75 bits per heavy atom. The van der Waals surface area contributed by atoms with Gasteiger partial charge in [0.2, 0.25) is 5.69 Å². The van der Waals surface area contributed by atoms with E-state index in [1.807, 2.05) is 6.08 Å². The van der Waals surface area contributed by atoms with Gasteiger partial charge in [0.05, 0.1) is 4.92 Å².